The van der Waals surface area contributed by atoms with E-state index in [1.807, 2.05) is 18.2 Å². The first-order chi connectivity index (χ1) is 14.5. The number of nitrogens with zero attached hydrogens (tertiary/aromatic N) is 3. The molecule has 2 aliphatic carbocycles. The molecule has 1 saturated carbocycles. The maximum absolute atomic E-state index is 13.0. The van der Waals surface area contributed by atoms with Crippen molar-refractivity contribution in [2.45, 2.75) is 43.8 Å². The largest absolute Gasteiger partial charge is 0.402 e. The molecule has 7 nitrogen and oxygen atoms in total. The third kappa shape index (κ3) is 3.46. The van der Waals surface area contributed by atoms with E-state index in [0.717, 1.165) is 29.5 Å². The second-order valence-electron chi connectivity index (χ2n) is 9.03. The van der Waals surface area contributed by atoms with Crippen molar-refractivity contribution in [2.24, 2.45) is 16.9 Å². The van der Waals surface area contributed by atoms with Gasteiger partial charge in [-0.05, 0) is 60.3 Å². The van der Waals surface area contributed by atoms with Crippen LogP contribution in [0.3, 0.4) is 0 Å². The van der Waals surface area contributed by atoms with E-state index in [4.69, 9.17) is 0 Å². The molecule has 0 aromatic heterocycles. The van der Waals surface area contributed by atoms with Crippen LogP contribution in [0.4, 0.5) is 13.2 Å². The van der Waals surface area contributed by atoms with Crippen LogP contribution in [-0.2, 0) is 27.8 Å². The number of amides is 1. The van der Waals surface area contributed by atoms with Gasteiger partial charge in [0.15, 0.2) is 0 Å². The molecule has 2 aliphatic heterocycles. The topological polar surface area (TPSA) is 82.1 Å². The Morgan fingerprint density at radius 2 is 1.87 bits per heavy atom. The summed E-state index contributed by atoms with van der Waals surface area (Å²) in [7, 11) is -2.58. The molecule has 0 radical (unpaired) electrons. The van der Waals surface area contributed by atoms with Crippen LogP contribution in [0.1, 0.15) is 36.0 Å². The summed E-state index contributed by atoms with van der Waals surface area (Å²) in [5.74, 6) is -0.223. The highest BCUT2D eigenvalue weighted by Gasteiger charge is 2.60. The van der Waals surface area contributed by atoms with Gasteiger partial charge >= 0.3 is 6.18 Å². The zero-order valence-corrected chi connectivity index (χ0v) is 17.8. The Bertz CT molecular complexity index is 1090. The van der Waals surface area contributed by atoms with Crippen molar-refractivity contribution >= 4 is 21.8 Å². The Balaban J connectivity index is 1.46. The van der Waals surface area contributed by atoms with Gasteiger partial charge in [0, 0.05) is 13.6 Å². The first-order valence-corrected chi connectivity index (χ1v) is 11.7. The molecule has 31 heavy (non-hydrogen) atoms. The molecule has 4 aliphatic rings. The van der Waals surface area contributed by atoms with Gasteiger partial charge < -0.3 is 0 Å². The Kier molecular flexibility index (Phi) is 4.56. The quantitative estimate of drug-likeness (QED) is 0.737. The summed E-state index contributed by atoms with van der Waals surface area (Å²) in [5.41, 5.74) is 2.81. The van der Waals surface area contributed by atoms with Crippen LogP contribution >= 0.6 is 0 Å². The highest BCUT2D eigenvalue weighted by atomic mass is 32.2. The third-order valence-corrected chi connectivity index (χ3v) is 8.77. The Morgan fingerprint density at radius 1 is 1.19 bits per heavy atom. The van der Waals surface area contributed by atoms with Gasteiger partial charge in [-0.3, -0.25) is 4.79 Å². The molecule has 1 aromatic rings. The maximum Gasteiger partial charge on any atom is 0.402 e. The minimum atomic E-state index is -4.59. The SMILES string of the molecule is CN1N=C(c2ccc3c(c2)C[C@H]2CC[C@@H](C3)[C@]23CN(CC(F)(F)F)S(=O)(=O)N3)CC1=O. The highest BCUT2D eigenvalue weighted by Crippen LogP contribution is 2.50. The summed E-state index contributed by atoms with van der Waals surface area (Å²) < 4.78 is 67.3. The molecule has 1 amide bonds. The molecule has 5 rings (SSSR count). The summed E-state index contributed by atoms with van der Waals surface area (Å²) in [6.07, 6.45) is -1.62. The summed E-state index contributed by atoms with van der Waals surface area (Å²) in [4.78, 5) is 11.8. The minimum absolute atomic E-state index is 0.0610. The van der Waals surface area contributed by atoms with E-state index in [-0.39, 0.29) is 30.7 Å². The molecule has 3 atom stereocenters. The molecule has 0 unspecified atom stereocenters. The number of halogens is 3. The minimum Gasteiger partial charge on any atom is -0.273 e. The van der Waals surface area contributed by atoms with E-state index in [1.54, 1.807) is 7.05 Å². The lowest BCUT2D eigenvalue weighted by Crippen LogP contribution is -2.52. The Morgan fingerprint density at radius 3 is 2.48 bits per heavy atom. The maximum atomic E-state index is 13.0. The number of carbonyl (C=O) groups excluding carboxylic acids is 1. The lowest BCUT2D eigenvalue weighted by Gasteiger charge is -2.33. The van der Waals surface area contributed by atoms with Crippen LogP contribution in [0.15, 0.2) is 23.3 Å². The van der Waals surface area contributed by atoms with Gasteiger partial charge in [0.05, 0.1) is 17.7 Å². The van der Waals surface area contributed by atoms with Crippen molar-refractivity contribution in [1.29, 1.82) is 0 Å². The van der Waals surface area contributed by atoms with Crippen LogP contribution in [-0.4, -0.2) is 61.2 Å². The number of alkyl halides is 3. The van der Waals surface area contributed by atoms with Crippen molar-refractivity contribution < 1.29 is 26.4 Å². The van der Waals surface area contributed by atoms with Crippen LogP contribution in [0, 0.1) is 11.8 Å². The average Bonchev–Trinajstić information content (AvgIpc) is 3.19. The molecule has 1 spiro atoms. The predicted molar refractivity (Wildman–Crippen MR) is 106 cm³/mol. The molecule has 1 aromatic carbocycles. The van der Waals surface area contributed by atoms with Gasteiger partial charge in [-0.25, -0.2) is 5.01 Å². The van der Waals surface area contributed by atoms with Crippen LogP contribution in [0.5, 0.6) is 0 Å². The molecule has 2 fully saturated rings. The van der Waals surface area contributed by atoms with Crippen LogP contribution in [0.2, 0.25) is 0 Å². The summed E-state index contributed by atoms with van der Waals surface area (Å²) in [5, 5.41) is 5.61. The van der Waals surface area contributed by atoms with Crippen molar-refractivity contribution in [3.05, 3.63) is 34.9 Å². The average molecular weight is 456 g/mol. The van der Waals surface area contributed by atoms with Crippen LogP contribution < -0.4 is 4.72 Å². The van der Waals surface area contributed by atoms with Gasteiger partial charge in [0.2, 0.25) is 5.91 Å². The van der Waals surface area contributed by atoms with E-state index in [1.165, 1.54) is 5.01 Å². The molecule has 168 valence electrons. The monoisotopic (exact) mass is 456 g/mol. The van der Waals surface area contributed by atoms with Gasteiger partial charge in [0.1, 0.15) is 6.54 Å². The fourth-order valence-electron chi connectivity index (χ4n) is 5.71. The van der Waals surface area contributed by atoms with E-state index < -0.39 is 28.5 Å². The Labute approximate surface area is 178 Å². The summed E-state index contributed by atoms with van der Waals surface area (Å²) in [6.45, 7) is -1.63. The van der Waals surface area contributed by atoms with Crippen molar-refractivity contribution in [3.8, 4) is 0 Å². The van der Waals surface area contributed by atoms with E-state index in [0.29, 0.717) is 22.9 Å². The smallest absolute Gasteiger partial charge is 0.273 e. The van der Waals surface area contributed by atoms with Gasteiger partial charge in [-0.1, -0.05) is 12.1 Å². The highest BCUT2D eigenvalue weighted by molar-refractivity contribution is 7.87. The van der Waals surface area contributed by atoms with E-state index >= 15 is 0 Å². The number of nitrogens with one attached hydrogen (secondary N) is 1. The molecule has 1 N–H and O–H groups in total. The second kappa shape index (κ2) is 6.76. The number of fused-ring (bicyclic) bond motifs is 1. The van der Waals surface area contributed by atoms with Gasteiger partial charge in [0.25, 0.3) is 10.2 Å². The number of hydrogen-bond donors (Lipinski definition) is 1. The number of carbonyl (C=O) groups is 1. The lowest BCUT2D eigenvalue weighted by atomic mass is 9.79. The fraction of sp³-hybridized carbons (Fsp3) is 0.600. The van der Waals surface area contributed by atoms with Gasteiger partial charge in [-0.15, -0.1) is 0 Å². The van der Waals surface area contributed by atoms with Crippen LogP contribution in [0.25, 0.3) is 0 Å². The zero-order valence-electron chi connectivity index (χ0n) is 16.9. The lowest BCUT2D eigenvalue weighted by molar-refractivity contribution is -0.136. The van der Waals surface area contributed by atoms with E-state index in [9.17, 15) is 26.4 Å². The third-order valence-electron chi connectivity index (χ3n) is 7.20. The van der Waals surface area contributed by atoms with Gasteiger partial charge in [-0.2, -0.15) is 35.7 Å². The first kappa shape index (κ1) is 20.9. The van der Waals surface area contributed by atoms with Crippen molar-refractivity contribution in [3.63, 3.8) is 0 Å². The normalized spacial score (nSPS) is 32.5. The van der Waals surface area contributed by atoms with Crippen molar-refractivity contribution in [1.82, 2.24) is 14.0 Å². The molecule has 11 heteroatoms. The summed E-state index contributed by atoms with van der Waals surface area (Å²) in [6, 6.07) is 5.91. The molecular formula is C20H23F3N4O3S. The van der Waals surface area contributed by atoms with Crippen molar-refractivity contribution in [2.75, 3.05) is 20.1 Å². The van der Waals surface area contributed by atoms with E-state index in [2.05, 4.69) is 9.82 Å². The molecule has 1 saturated heterocycles. The molecular weight excluding hydrogens is 433 g/mol. The predicted octanol–water partition coefficient (Wildman–Crippen LogP) is 1.83. The number of benzene rings is 1. The fourth-order valence-corrected chi connectivity index (χ4v) is 7.42. The Hall–Kier alpha value is -1.98. The summed E-state index contributed by atoms with van der Waals surface area (Å²) >= 11 is 0. The zero-order chi connectivity index (χ0) is 22.2. The number of hydrazone groups is 1. The standard InChI is InChI=1S/C20H23F3N4O3S/c1-26-18(28)9-17(24-26)13-3-2-12-7-15-4-5-16(8-14(12)6-13)19(15)10-27(11-20(21,22)23)31(29,30)25-19/h2-3,6,15-16,25H,4-5,7-11H2,1H3/t15-,16+,19+/m0/s1. The number of hydrogen-bond acceptors (Lipinski definition) is 4. The first-order valence-electron chi connectivity index (χ1n) is 10.3. The molecule has 2 bridgehead atoms. The number of rotatable bonds is 2. The second-order valence-corrected chi connectivity index (χ2v) is 10.7. The molecule has 2 heterocycles.